The first kappa shape index (κ1) is 8.69. The van der Waals surface area contributed by atoms with E-state index in [0.29, 0.717) is 17.7 Å². The van der Waals surface area contributed by atoms with Gasteiger partial charge in [0.05, 0.1) is 6.04 Å². The van der Waals surface area contributed by atoms with Crippen molar-refractivity contribution >= 4 is 0 Å². The van der Waals surface area contributed by atoms with Crippen LogP contribution in [0.2, 0.25) is 0 Å². The fourth-order valence-electron chi connectivity index (χ4n) is 1.40. The van der Waals surface area contributed by atoms with Gasteiger partial charge in [-0.1, -0.05) is 19.0 Å². The standard InChI is InChI=1S/C9H15N3O/c1-3-7(10)9-11-8(12-13-9)6-4-5(6)2/h5-7H,3-4,10H2,1-2H3/t5?,6?,7-/m1/s1. The molecule has 1 aliphatic rings. The zero-order valence-corrected chi connectivity index (χ0v) is 8.03. The lowest BCUT2D eigenvalue weighted by Crippen LogP contribution is -2.08. The Morgan fingerprint density at radius 2 is 2.38 bits per heavy atom. The van der Waals surface area contributed by atoms with E-state index in [-0.39, 0.29) is 6.04 Å². The minimum Gasteiger partial charge on any atom is -0.338 e. The molecule has 1 heterocycles. The molecule has 2 unspecified atom stereocenters. The van der Waals surface area contributed by atoms with Gasteiger partial charge in [0.25, 0.3) is 0 Å². The van der Waals surface area contributed by atoms with Crippen LogP contribution in [0.1, 0.15) is 50.4 Å². The minimum atomic E-state index is -0.102. The summed E-state index contributed by atoms with van der Waals surface area (Å²) in [6, 6.07) is -0.102. The summed E-state index contributed by atoms with van der Waals surface area (Å²) in [5.74, 6) is 2.65. The summed E-state index contributed by atoms with van der Waals surface area (Å²) >= 11 is 0. The van der Waals surface area contributed by atoms with E-state index in [1.54, 1.807) is 0 Å². The molecule has 1 aromatic rings. The first-order valence-corrected chi connectivity index (χ1v) is 4.81. The monoisotopic (exact) mass is 181 g/mol. The molecule has 2 N–H and O–H groups in total. The maximum absolute atomic E-state index is 5.77. The molecule has 0 amide bonds. The van der Waals surface area contributed by atoms with Gasteiger partial charge in [-0.2, -0.15) is 4.98 Å². The summed E-state index contributed by atoms with van der Waals surface area (Å²) in [4.78, 5) is 4.29. The van der Waals surface area contributed by atoms with E-state index in [1.165, 1.54) is 6.42 Å². The van der Waals surface area contributed by atoms with E-state index in [4.69, 9.17) is 10.3 Å². The second kappa shape index (κ2) is 3.10. The number of rotatable bonds is 3. The highest BCUT2D eigenvalue weighted by Crippen LogP contribution is 2.45. The fraction of sp³-hybridized carbons (Fsp3) is 0.778. The Kier molecular flexibility index (Phi) is 2.07. The van der Waals surface area contributed by atoms with E-state index in [1.807, 2.05) is 6.92 Å². The SMILES string of the molecule is CC[C@@H](N)c1nc(C2CC2C)no1. The average Bonchev–Trinajstić information content (AvgIpc) is 2.70. The Labute approximate surface area is 77.5 Å². The lowest BCUT2D eigenvalue weighted by atomic mass is 10.2. The molecule has 0 aliphatic heterocycles. The highest BCUT2D eigenvalue weighted by atomic mass is 16.5. The molecule has 1 aromatic heterocycles. The molecule has 0 spiro atoms. The lowest BCUT2D eigenvalue weighted by Gasteiger charge is -1.98. The number of nitrogens with zero attached hydrogens (tertiary/aromatic N) is 2. The third kappa shape index (κ3) is 1.58. The van der Waals surface area contributed by atoms with Crippen molar-refractivity contribution in [3.8, 4) is 0 Å². The molecule has 2 rings (SSSR count). The van der Waals surface area contributed by atoms with Crippen LogP contribution in [-0.2, 0) is 0 Å². The van der Waals surface area contributed by atoms with Crippen molar-refractivity contribution in [2.24, 2.45) is 11.7 Å². The molecule has 1 aliphatic carbocycles. The molecule has 0 aromatic carbocycles. The van der Waals surface area contributed by atoms with Crippen molar-refractivity contribution in [3.05, 3.63) is 11.7 Å². The Balaban J connectivity index is 2.09. The summed E-state index contributed by atoms with van der Waals surface area (Å²) in [6.45, 7) is 4.20. The van der Waals surface area contributed by atoms with Crippen LogP contribution in [0.15, 0.2) is 4.52 Å². The van der Waals surface area contributed by atoms with Gasteiger partial charge in [0.2, 0.25) is 5.89 Å². The van der Waals surface area contributed by atoms with Gasteiger partial charge in [0.15, 0.2) is 5.82 Å². The second-order valence-corrected chi connectivity index (χ2v) is 3.83. The molecule has 13 heavy (non-hydrogen) atoms. The predicted molar refractivity (Wildman–Crippen MR) is 48.0 cm³/mol. The molecule has 4 heteroatoms. The Bertz CT molecular complexity index is 278. The first-order chi connectivity index (χ1) is 6.22. The molecule has 3 atom stereocenters. The topological polar surface area (TPSA) is 64.9 Å². The van der Waals surface area contributed by atoms with Crippen LogP contribution in [0.4, 0.5) is 0 Å². The molecular weight excluding hydrogens is 166 g/mol. The van der Waals surface area contributed by atoms with Crippen molar-refractivity contribution in [2.75, 3.05) is 0 Å². The van der Waals surface area contributed by atoms with Gasteiger partial charge in [0.1, 0.15) is 0 Å². The number of hydrogen-bond acceptors (Lipinski definition) is 4. The van der Waals surface area contributed by atoms with Gasteiger partial charge in [-0.3, -0.25) is 0 Å². The Morgan fingerprint density at radius 1 is 1.69 bits per heavy atom. The Morgan fingerprint density at radius 3 is 2.92 bits per heavy atom. The van der Waals surface area contributed by atoms with Gasteiger partial charge < -0.3 is 10.3 Å². The maximum atomic E-state index is 5.77. The number of nitrogens with two attached hydrogens (primary N) is 1. The van der Waals surface area contributed by atoms with E-state index >= 15 is 0 Å². The zero-order chi connectivity index (χ0) is 9.42. The molecule has 1 saturated carbocycles. The fourth-order valence-corrected chi connectivity index (χ4v) is 1.40. The summed E-state index contributed by atoms with van der Waals surface area (Å²) in [5.41, 5.74) is 5.77. The molecule has 1 fully saturated rings. The number of hydrogen-bond donors (Lipinski definition) is 1. The van der Waals surface area contributed by atoms with Crippen LogP contribution >= 0.6 is 0 Å². The van der Waals surface area contributed by atoms with Crippen molar-refractivity contribution in [2.45, 2.75) is 38.6 Å². The predicted octanol–water partition coefficient (Wildman–Crippen LogP) is 1.60. The first-order valence-electron chi connectivity index (χ1n) is 4.81. The van der Waals surface area contributed by atoms with Crippen LogP contribution < -0.4 is 5.73 Å². The third-order valence-corrected chi connectivity index (χ3v) is 2.66. The minimum absolute atomic E-state index is 0.102. The van der Waals surface area contributed by atoms with Crippen LogP contribution in [0, 0.1) is 5.92 Å². The molecule has 72 valence electrons. The van der Waals surface area contributed by atoms with Crippen molar-refractivity contribution in [1.82, 2.24) is 10.1 Å². The molecular formula is C9H15N3O. The van der Waals surface area contributed by atoms with E-state index in [9.17, 15) is 0 Å². The smallest absolute Gasteiger partial charge is 0.243 e. The van der Waals surface area contributed by atoms with Crippen molar-refractivity contribution in [1.29, 1.82) is 0 Å². The summed E-state index contributed by atoms with van der Waals surface area (Å²) in [6.07, 6.45) is 2.02. The summed E-state index contributed by atoms with van der Waals surface area (Å²) in [5, 5.41) is 3.93. The van der Waals surface area contributed by atoms with Crippen molar-refractivity contribution in [3.63, 3.8) is 0 Å². The number of aromatic nitrogens is 2. The van der Waals surface area contributed by atoms with Gasteiger partial charge in [-0.05, 0) is 18.8 Å². The molecule has 0 radical (unpaired) electrons. The van der Waals surface area contributed by atoms with E-state index in [0.717, 1.165) is 12.2 Å². The quantitative estimate of drug-likeness (QED) is 0.769. The highest BCUT2D eigenvalue weighted by Gasteiger charge is 2.38. The largest absolute Gasteiger partial charge is 0.338 e. The van der Waals surface area contributed by atoms with Crippen LogP contribution in [0.3, 0.4) is 0 Å². The van der Waals surface area contributed by atoms with Gasteiger partial charge in [-0.25, -0.2) is 0 Å². The summed E-state index contributed by atoms with van der Waals surface area (Å²) in [7, 11) is 0. The van der Waals surface area contributed by atoms with Gasteiger partial charge >= 0.3 is 0 Å². The van der Waals surface area contributed by atoms with E-state index < -0.39 is 0 Å². The maximum Gasteiger partial charge on any atom is 0.243 e. The Hall–Kier alpha value is -0.900. The van der Waals surface area contributed by atoms with E-state index in [2.05, 4.69) is 17.1 Å². The molecule has 0 saturated heterocycles. The lowest BCUT2D eigenvalue weighted by molar-refractivity contribution is 0.348. The molecule has 4 nitrogen and oxygen atoms in total. The van der Waals surface area contributed by atoms with Crippen molar-refractivity contribution < 1.29 is 4.52 Å². The second-order valence-electron chi connectivity index (χ2n) is 3.83. The average molecular weight is 181 g/mol. The normalized spacial score (nSPS) is 28.8. The highest BCUT2D eigenvalue weighted by molar-refractivity contribution is 5.08. The van der Waals surface area contributed by atoms with Crippen LogP contribution in [-0.4, -0.2) is 10.1 Å². The van der Waals surface area contributed by atoms with Crippen LogP contribution in [0.5, 0.6) is 0 Å². The van der Waals surface area contributed by atoms with Crippen LogP contribution in [0.25, 0.3) is 0 Å². The van der Waals surface area contributed by atoms with Gasteiger partial charge in [-0.15, -0.1) is 0 Å². The molecule has 0 bridgehead atoms. The zero-order valence-electron chi connectivity index (χ0n) is 8.03. The van der Waals surface area contributed by atoms with Gasteiger partial charge in [0, 0.05) is 5.92 Å². The summed E-state index contributed by atoms with van der Waals surface area (Å²) < 4.78 is 5.08. The third-order valence-electron chi connectivity index (χ3n) is 2.66.